The number of hydrogen-bond donors (Lipinski definition) is 2. The van der Waals surface area contributed by atoms with Crippen molar-refractivity contribution in [3.05, 3.63) is 12.1 Å². The molecule has 0 aliphatic carbocycles. The lowest BCUT2D eigenvalue weighted by atomic mass is 10.2. The topological polar surface area (TPSA) is 70.5 Å². The Morgan fingerprint density at radius 1 is 1.00 bits per heavy atom. The van der Waals surface area contributed by atoms with Gasteiger partial charge in [0.25, 0.3) is 0 Å². The Hall–Kier alpha value is -1.58. The van der Waals surface area contributed by atoms with E-state index in [-0.39, 0.29) is 6.79 Å². The number of anilines is 2. The van der Waals surface area contributed by atoms with Crippen LogP contribution in [0.5, 0.6) is 11.5 Å². The highest BCUT2D eigenvalue weighted by atomic mass is 16.7. The average Bonchev–Trinajstić information content (AvgIpc) is 2.56. The number of nitrogen functional groups attached to an aromatic ring is 2. The Bertz CT molecular complexity index is 271. The zero-order chi connectivity index (χ0) is 9.84. The lowest BCUT2D eigenvalue weighted by Crippen LogP contribution is -1.93. The van der Waals surface area contributed by atoms with Crippen molar-refractivity contribution in [3.63, 3.8) is 0 Å². The van der Waals surface area contributed by atoms with Crippen molar-refractivity contribution in [2.45, 2.75) is 13.8 Å². The Morgan fingerprint density at radius 2 is 1.38 bits per heavy atom. The second kappa shape index (κ2) is 3.89. The number of benzene rings is 1. The zero-order valence-electron chi connectivity index (χ0n) is 7.83. The van der Waals surface area contributed by atoms with E-state index in [1.807, 2.05) is 13.8 Å². The number of fused-ring (bicyclic) bond motifs is 1. The first-order valence-corrected chi connectivity index (χ1v) is 4.22. The van der Waals surface area contributed by atoms with E-state index in [0.717, 1.165) is 0 Å². The van der Waals surface area contributed by atoms with Gasteiger partial charge in [0.1, 0.15) is 0 Å². The SMILES string of the molecule is CC.Nc1cc2c(cc1N)OCO2. The average molecular weight is 182 g/mol. The second-order valence-electron chi connectivity index (χ2n) is 2.33. The van der Waals surface area contributed by atoms with Crippen LogP contribution in [-0.4, -0.2) is 6.79 Å². The molecule has 2 rings (SSSR count). The summed E-state index contributed by atoms with van der Waals surface area (Å²) in [5.41, 5.74) is 12.1. The van der Waals surface area contributed by atoms with Crippen molar-refractivity contribution < 1.29 is 9.47 Å². The van der Waals surface area contributed by atoms with Gasteiger partial charge in [0.15, 0.2) is 11.5 Å². The monoisotopic (exact) mass is 182 g/mol. The molecule has 0 aromatic heterocycles. The summed E-state index contributed by atoms with van der Waals surface area (Å²) in [5, 5.41) is 0. The van der Waals surface area contributed by atoms with E-state index in [9.17, 15) is 0 Å². The summed E-state index contributed by atoms with van der Waals surface area (Å²) < 4.78 is 10.2. The molecular formula is C9H14N2O2. The summed E-state index contributed by atoms with van der Waals surface area (Å²) in [4.78, 5) is 0. The fourth-order valence-corrected chi connectivity index (χ4v) is 0.973. The van der Waals surface area contributed by atoms with Gasteiger partial charge in [-0.05, 0) is 0 Å². The van der Waals surface area contributed by atoms with E-state index in [1.54, 1.807) is 12.1 Å². The molecule has 0 spiro atoms. The summed E-state index contributed by atoms with van der Waals surface area (Å²) in [6, 6.07) is 3.33. The second-order valence-corrected chi connectivity index (χ2v) is 2.33. The maximum Gasteiger partial charge on any atom is 0.231 e. The van der Waals surface area contributed by atoms with Crippen molar-refractivity contribution in [1.82, 2.24) is 0 Å². The molecule has 0 atom stereocenters. The summed E-state index contributed by atoms with van der Waals surface area (Å²) in [7, 11) is 0. The van der Waals surface area contributed by atoms with E-state index in [4.69, 9.17) is 20.9 Å². The lowest BCUT2D eigenvalue weighted by molar-refractivity contribution is 0.174. The molecule has 4 nitrogen and oxygen atoms in total. The van der Waals surface area contributed by atoms with Crippen LogP contribution in [0.2, 0.25) is 0 Å². The molecule has 4 N–H and O–H groups in total. The number of rotatable bonds is 0. The van der Waals surface area contributed by atoms with Crippen LogP contribution in [0, 0.1) is 0 Å². The molecule has 0 radical (unpaired) electrons. The smallest absolute Gasteiger partial charge is 0.231 e. The summed E-state index contributed by atoms with van der Waals surface area (Å²) in [6.07, 6.45) is 0. The van der Waals surface area contributed by atoms with E-state index in [1.165, 1.54) is 0 Å². The summed E-state index contributed by atoms with van der Waals surface area (Å²) in [6.45, 7) is 4.25. The van der Waals surface area contributed by atoms with Crippen LogP contribution in [0.3, 0.4) is 0 Å². The van der Waals surface area contributed by atoms with Gasteiger partial charge in [0.05, 0.1) is 11.4 Å². The Kier molecular flexibility index (Phi) is 2.84. The van der Waals surface area contributed by atoms with E-state index in [0.29, 0.717) is 22.9 Å². The Labute approximate surface area is 77.4 Å². The van der Waals surface area contributed by atoms with Crippen LogP contribution in [0.15, 0.2) is 12.1 Å². The van der Waals surface area contributed by atoms with Crippen LogP contribution in [-0.2, 0) is 0 Å². The van der Waals surface area contributed by atoms with Gasteiger partial charge < -0.3 is 20.9 Å². The minimum atomic E-state index is 0.248. The van der Waals surface area contributed by atoms with Gasteiger partial charge in [0.2, 0.25) is 6.79 Å². The van der Waals surface area contributed by atoms with Crippen LogP contribution < -0.4 is 20.9 Å². The molecule has 1 aromatic rings. The van der Waals surface area contributed by atoms with Crippen LogP contribution in [0.25, 0.3) is 0 Å². The molecule has 0 amide bonds. The van der Waals surface area contributed by atoms with Crippen LogP contribution in [0.4, 0.5) is 11.4 Å². The van der Waals surface area contributed by atoms with Crippen molar-refractivity contribution >= 4 is 11.4 Å². The molecule has 0 fully saturated rings. The minimum Gasteiger partial charge on any atom is -0.454 e. The lowest BCUT2D eigenvalue weighted by Gasteiger charge is -2.00. The first-order valence-electron chi connectivity index (χ1n) is 4.22. The highest BCUT2D eigenvalue weighted by molar-refractivity contribution is 5.69. The first-order chi connectivity index (χ1) is 6.27. The standard InChI is InChI=1S/C7H8N2O2.C2H6/c8-4-1-6-7(2-5(4)9)11-3-10-6;1-2/h1-2H,3,8-9H2;1-2H3. The zero-order valence-corrected chi connectivity index (χ0v) is 7.83. The molecular weight excluding hydrogens is 168 g/mol. The molecule has 13 heavy (non-hydrogen) atoms. The molecule has 1 aliphatic rings. The van der Waals surface area contributed by atoms with Gasteiger partial charge in [-0.25, -0.2) is 0 Å². The fraction of sp³-hybridized carbons (Fsp3) is 0.333. The van der Waals surface area contributed by atoms with E-state index in [2.05, 4.69) is 0 Å². The molecule has 0 unspecified atom stereocenters. The Balaban J connectivity index is 0.000000396. The molecule has 72 valence electrons. The van der Waals surface area contributed by atoms with Crippen molar-refractivity contribution in [2.24, 2.45) is 0 Å². The summed E-state index contributed by atoms with van der Waals surface area (Å²) >= 11 is 0. The molecule has 1 heterocycles. The van der Waals surface area contributed by atoms with Gasteiger partial charge in [-0.15, -0.1) is 0 Å². The fourth-order valence-electron chi connectivity index (χ4n) is 0.973. The minimum absolute atomic E-state index is 0.248. The van der Waals surface area contributed by atoms with Gasteiger partial charge >= 0.3 is 0 Å². The molecule has 1 aliphatic heterocycles. The van der Waals surface area contributed by atoms with Crippen LogP contribution >= 0.6 is 0 Å². The maximum atomic E-state index is 5.53. The predicted molar refractivity (Wildman–Crippen MR) is 52.7 cm³/mol. The van der Waals surface area contributed by atoms with Crippen molar-refractivity contribution in [3.8, 4) is 11.5 Å². The van der Waals surface area contributed by atoms with E-state index >= 15 is 0 Å². The van der Waals surface area contributed by atoms with Crippen LogP contribution in [0.1, 0.15) is 13.8 Å². The highest BCUT2D eigenvalue weighted by Gasteiger charge is 2.14. The quantitative estimate of drug-likeness (QED) is 0.598. The molecule has 0 saturated carbocycles. The predicted octanol–water partition coefficient (Wildman–Crippen LogP) is 1.61. The largest absolute Gasteiger partial charge is 0.454 e. The van der Waals surface area contributed by atoms with Gasteiger partial charge in [-0.3, -0.25) is 0 Å². The first kappa shape index (κ1) is 9.51. The van der Waals surface area contributed by atoms with Gasteiger partial charge in [0, 0.05) is 12.1 Å². The normalized spacial score (nSPS) is 11.8. The third-order valence-corrected chi connectivity index (χ3v) is 1.58. The molecule has 1 aromatic carbocycles. The molecule has 4 heteroatoms. The Morgan fingerprint density at radius 3 is 1.77 bits per heavy atom. The van der Waals surface area contributed by atoms with E-state index < -0.39 is 0 Å². The molecule has 0 saturated heterocycles. The number of hydrogen-bond acceptors (Lipinski definition) is 4. The number of nitrogens with two attached hydrogens (primary N) is 2. The maximum absolute atomic E-state index is 5.53. The summed E-state index contributed by atoms with van der Waals surface area (Å²) in [5.74, 6) is 1.33. The van der Waals surface area contributed by atoms with Gasteiger partial charge in [-0.2, -0.15) is 0 Å². The number of ether oxygens (including phenoxy) is 2. The van der Waals surface area contributed by atoms with Gasteiger partial charge in [-0.1, -0.05) is 13.8 Å². The van der Waals surface area contributed by atoms with Crippen molar-refractivity contribution in [1.29, 1.82) is 0 Å². The third kappa shape index (κ3) is 1.77. The molecule has 0 bridgehead atoms. The highest BCUT2D eigenvalue weighted by Crippen LogP contribution is 2.36. The third-order valence-electron chi connectivity index (χ3n) is 1.58. The van der Waals surface area contributed by atoms with Crippen molar-refractivity contribution in [2.75, 3.05) is 18.3 Å².